The van der Waals surface area contributed by atoms with Crippen LogP contribution in [0, 0.1) is 17.7 Å². The molecule has 3 unspecified atom stereocenters. The molecule has 3 aromatic rings. The zero-order valence-corrected chi connectivity index (χ0v) is 16.1. The molecule has 1 aromatic heterocycles. The Kier molecular flexibility index (Phi) is 5.18. The quantitative estimate of drug-likeness (QED) is 0.661. The number of carbonyl (C=O) groups excluding carboxylic acids is 2. The SMILES string of the molecule is COC(=O)C1C(C(=O)Nc2ccc(-n3ccccc3=O)cc2F)C1c1ccccc1. The van der Waals surface area contributed by atoms with Crippen LogP contribution in [0.25, 0.3) is 5.69 Å². The first-order valence-corrected chi connectivity index (χ1v) is 9.42. The van der Waals surface area contributed by atoms with E-state index in [-0.39, 0.29) is 17.2 Å². The third-order valence-corrected chi connectivity index (χ3v) is 5.29. The lowest BCUT2D eigenvalue weighted by Crippen LogP contribution is -2.19. The van der Waals surface area contributed by atoms with Crippen LogP contribution in [0.2, 0.25) is 0 Å². The van der Waals surface area contributed by atoms with E-state index in [9.17, 15) is 18.8 Å². The van der Waals surface area contributed by atoms with Crippen molar-refractivity contribution in [2.75, 3.05) is 12.4 Å². The summed E-state index contributed by atoms with van der Waals surface area (Å²) in [4.78, 5) is 36.8. The molecule has 0 saturated heterocycles. The number of rotatable bonds is 5. The van der Waals surface area contributed by atoms with Crippen LogP contribution in [0.5, 0.6) is 0 Å². The maximum absolute atomic E-state index is 14.6. The van der Waals surface area contributed by atoms with Crippen LogP contribution in [0.15, 0.2) is 77.7 Å². The van der Waals surface area contributed by atoms with Gasteiger partial charge in [-0.1, -0.05) is 36.4 Å². The van der Waals surface area contributed by atoms with Gasteiger partial charge in [0, 0.05) is 24.2 Å². The van der Waals surface area contributed by atoms with Crippen molar-refractivity contribution in [1.82, 2.24) is 4.57 Å². The Balaban J connectivity index is 1.55. The number of nitrogens with one attached hydrogen (secondary N) is 1. The minimum atomic E-state index is -0.678. The van der Waals surface area contributed by atoms with Gasteiger partial charge in [0.15, 0.2) is 0 Å². The summed E-state index contributed by atoms with van der Waals surface area (Å²) in [6.45, 7) is 0. The van der Waals surface area contributed by atoms with Crippen LogP contribution in [-0.4, -0.2) is 23.6 Å². The van der Waals surface area contributed by atoms with Gasteiger partial charge in [-0.25, -0.2) is 4.39 Å². The molecule has 0 radical (unpaired) electrons. The maximum Gasteiger partial charge on any atom is 0.310 e. The molecule has 30 heavy (non-hydrogen) atoms. The Hall–Kier alpha value is -3.74. The van der Waals surface area contributed by atoms with Gasteiger partial charge in [-0.3, -0.25) is 19.0 Å². The van der Waals surface area contributed by atoms with Crippen LogP contribution >= 0.6 is 0 Å². The van der Waals surface area contributed by atoms with E-state index in [4.69, 9.17) is 4.74 Å². The lowest BCUT2D eigenvalue weighted by Gasteiger charge is -2.10. The molecule has 3 atom stereocenters. The highest BCUT2D eigenvalue weighted by atomic mass is 19.1. The molecular formula is C23H19FN2O4. The van der Waals surface area contributed by atoms with Crippen molar-refractivity contribution < 1.29 is 18.7 Å². The Morgan fingerprint density at radius 2 is 1.73 bits per heavy atom. The van der Waals surface area contributed by atoms with E-state index >= 15 is 0 Å². The summed E-state index contributed by atoms with van der Waals surface area (Å²) >= 11 is 0. The van der Waals surface area contributed by atoms with Crippen molar-refractivity contribution >= 4 is 17.6 Å². The predicted octanol–water partition coefficient (Wildman–Crippen LogP) is 3.12. The summed E-state index contributed by atoms with van der Waals surface area (Å²) in [5, 5.41) is 2.57. The molecule has 1 aliphatic rings. The van der Waals surface area contributed by atoms with Gasteiger partial charge < -0.3 is 10.1 Å². The molecule has 2 aromatic carbocycles. The molecular weight excluding hydrogens is 387 g/mol. The van der Waals surface area contributed by atoms with Crippen molar-refractivity contribution in [3.63, 3.8) is 0 Å². The van der Waals surface area contributed by atoms with E-state index in [2.05, 4.69) is 5.32 Å². The molecule has 1 heterocycles. The van der Waals surface area contributed by atoms with Gasteiger partial charge in [-0.2, -0.15) is 0 Å². The number of benzene rings is 2. The second kappa shape index (κ2) is 7.94. The number of ether oxygens (including phenoxy) is 1. The Morgan fingerprint density at radius 3 is 2.40 bits per heavy atom. The van der Waals surface area contributed by atoms with Gasteiger partial charge in [0.1, 0.15) is 5.82 Å². The first kappa shape index (κ1) is 19.6. The molecule has 1 amide bonds. The molecule has 0 bridgehead atoms. The summed E-state index contributed by atoms with van der Waals surface area (Å²) in [5.74, 6) is -3.17. The standard InChI is InChI=1S/C23H19FN2O4/c1-30-23(29)21-19(14-7-3-2-4-8-14)20(21)22(28)25-17-11-10-15(13-16(17)24)26-12-6-5-9-18(26)27/h2-13,19-21H,1H3,(H,25,28). The molecule has 0 aliphatic heterocycles. The Bertz CT molecular complexity index is 1160. The monoisotopic (exact) mass is 406 g/mol. The van der Waals surface area contributed by atoms with Gasteiger partial charge in [0.2, 0.25) is 5.91 Å². The van der Waals surface area contributed by atoms with E-state index in [1.165, 1.54) is 36.1 Å². The van der Waals surface area contributed by atoms with E-state index in [0.29, 0.717) is 5.69 Å². The fraction of sp³-hybridized carbons (Fsp3) is 0.174. The average molecular weight is 406 g/mol. The van der Waals surface area contributed by atoms with Crippen LogP contribution < -0.4 is 10.9 Å². The lowest BCUT2D eigenvalue weighted by molar-refractivity contribution is -0.143. The lowest BCUT2D eigenvalue weighted by atomic mass is 10.1. The number of methoxy groups -OCH3 is 1. The third kappa shape index (κ3) is 3.61. The summed E-state index contributed by atoms with van der Waals surface area (Å²) in [6.07, 6.45) is 1.53. The summed E-state index contributed by atoms with van der Waals surface area (Å²) in [5.41, 5.74) is 0.887. The van der Waals surface area contributed by atoms with Crippen molar-refractivity contribution in [2.45, 2.75) is 5.92 Å². The molecule has 152 valence electrons. The summed E-state index contributed by atoms with van der Waals surface area (Å²) < 4.78 is 20.8. The van der Waals surface area contributed by atoms with Gasteiger partial charge in [-0.05, 0) is 23.8 Å². The average Bonchev–Trinajstić information content (AvgIpc) is 3.51. The first-order chi connectivity index (χ1) is 14.5. The molecule has 7 heteroatoms. The molecule has 1 aliphatic carbocycles. The van der Waals surface area contributed by atoms with Gasteiger partial charge in [0.25, 0.3) is 5.56 Å². The van der Waals surface area contributed by atoms with Crippen LogP contribution in [0.3, 0.4) is 0 Å². The number of esters is 1. The first-order valence-electron chi connectivity index (χ1n) is 9.42. The van der Waals surface area contributed by atoms with Crippen molar-refractivity contribution in [3.8, 4) is 5.69 Å². The summed E-state index contributed by atoms with van der Waals surface area (Å²) in [6, 6.07) is 18.0. The van der Waals surface area contributed by atoms with Crippen LogP contribution in [-0.2, 0) is 14.3 Å². The molecule has 4 rings (SSSR count). The van der Waals surface area contributed by atoms with Crippen molar-refractivity contribution in [2.24, 2.45) is 11.8 Å². The number of aromatic nitrogens is 1. The largest absolute Gasteiger partial charge is 0.469 e. The predicted molar refractivity (Wildman–Crippen MR) is 109 cm³/mol. The Labute approximate surface area is 171 Å². The number of hydrogen-bond donors (Lipinski definition) is 1. The molecule has 6 nitrogen and oxygen atoms in total. The second-order valence-corrected chi connectivity index (χ2v) is 7.07. The van der Waals surface area contributed by atoms with Crippen molar-refractivity contribution in [1.29, 1.82) is 0 Å². The van der Waals surface area contributed by atoms with E-state index in [1.54, 1.807) is 18.2 Å². The molecule has 1 saturated carbocycles. The normalized spacial score (nSPS) is 19.7. The smallest absolute Gasteiger partial charge is 0.310 e. The number of carbonyl (C=O) groups is 2. The highest BCUT2D eigenvalue weighted by Crippen LogP contribution is 2.55. The molecule has 0 spiro atoms. The fourth-order valence-electron chi connectivity index (χ4n) is 3.77. The van der Waals surface area contributed by atoms with Gasteiger partial charge >= 0.3 is 5.97 Å². The van der Waals surface area contributed by atoms with Crippen molar-refractivity contribution in [3.05, 3.63) is 94.7 Å². The summed E-state index contributed by atoms with van der Waals surface area (Å²) in [7, 11) is 1.28. The minimum absolute atomic E-state index is 0.0185. The van der Waals surface area contributed by atoms with E-state index in [1.807, 2.05) is 30.3 Å². The van der Waals surface area contributed by atoms with Crippen LogP contribution in [0.1, 0.15) is 11.5 Å². The van der Waals surface area contributed by atoms with Gasteiger partial charge in [0.05, 0.1) is 30.3 Å². The van der Waals surface area contributed by atoms with Gasteiger partial charge in [-0.15, -0.1) is 0 Å². The maximum atomic E-state index is 14.6. The highest BCUT2D eigenvalue weighted by molar-refractivity contribution is 6.00. The number of nitrogens with zero attached hydrogens (tertiary/aromatic N) is 1. The zero-order valence-electron chi connectivity index (χ0n) is 16.1. The molecule has 1 N–H and O–H groups in total. The van der Waals surface area contributed by atoms with E-state index in [0.717, 1.165) is 5.56 Å². The van der Waals surface area contributed by atoms with Crippen LogP contribution in [0.4, 0.5) is 10.1 Å². The third-order valence-electron chi connectivity index (χ3n) is 5.29. The number of amides is 1. The number of hydrogen-bond acceptors (Lipinski definition) is 4. The second-order valence-electron chi connectivity index (χ2n) is 7.07. The number of pyridine rings is 1. The number of anilines is 1. The fourth-order valence-corrected chi connectivity index (χ4v) is 3.77. The zero-order chi connectivity index (χ0) is 21.3. The molecule has 1 fully saturated rings. The highest BCUT2D eigenvalue weighted by Gasteiger charge is 2.60. The topological polar surface area (TPSA) is 77.4 Å². The minimum Gasteiger partial charge on any atom is -0.469 e. The van der Waals surface area contributed by atoms with E-state index < -0.39 is 29.5 Å². The number of halogens is 1. The Morgan fingerprint density at radius 1 is 1.00 bits per heavy atom.